The zero-order chi connectivity index (χ0) is 23.0. The first kappa shape index (κ1) is 22.6. The lowest BCUT2D eigenvalue weighted by Gasteiger charge is -2.10. The average Bonchev–Trinajstić information content (AvgIpc) is 3.25. The van der Waals surface area contributed by atoms with Gasteiger partial charge in [-0.25, -0.2) is 14.4 Å². The average molecular weight is 489 g/mol. The Morgan fingerprint density at radius 1 is 1.16 bits per heavy atom. The summed E-state index contributed by atoms with van der Waals surface area (Å²) in [6.07, 6.45) is 0. The number of carbonyl (C=O) groups is 1. The Balaban J connectivity index is 1.41. The number of hydrogen-bond acceptors (Lipinski definition) is 7. The quantitative estimate of drug-likeness (QED) is 0.378. The molecule has 1 unspecified atom stereocenters. The number of hydrogen-bond donors (Lipinski definition) is 2. The number of aryl methyl sites for hydroxylation is 3. The fourth-order valence-electron chi connectivity index (χ4n) is 3.18. The number of H-pyrrole nitrogens is 1. The number of carbonyl (C=O) groups excluding carboxylic acids is 1. The molecule has 0 fully saturated rings. The van der Waals surface area contributed by atoms with Crippen LogP contribution in [0.1, 0.15) is 28.1 Å². The largest absolute Gasteiger partial charge is 0.309 e. The predicted octanol–water partition coefficient (Wildman–Crippen LogP) is 5.43. The van der Waals surface area contributed by atoms with Gasteiger partial charge in [-0.2, -0.15) is 0 Å². The van der Waals surface area contributed by atoms with Crippen LogP contribution in [0.15, 0.2) is 29.1 Å². The van der Waals surface area contributed by atoms with Gasteiger partial charge >= 0.3 is 0 Å². The fraction of sp³-hybridized carbons (Fsp3) is 0.273. The number of thiazole rings is 1. The van der Waals surface area contributed by atoms with E-state index in [4.69, 9.17) is 0 Å². The van der Waals surface area contributed by atoms with Crippen molar-refractivity contribution in [2.45, 2.75) is 38.7 Å². The summed E-state index contributed by atoms with van der Waals surface area (Å²) in [6, 6.07) is 6.12. The van der Waals surface area contributed by atoms with Crippen molar-refractivity contribution in [2.24, 2.45) is 0 Å². The van der Waals surface area contributed by atoms with Crippen LogP contribution in [-0.4, -0.2) is 26.1 Å². The van der Waals surface area contributed by atoms with E-state index in [2.05, 4.69) is 20.3 Å². The minimum Gasteiger partial charge on any atom is -0.309 e. The molecule has 3 aromatic heterocycles. The van der Waals surface area contributed by atoms with Gasteiger partial charge in [0.15, 0.2) is 5.13 Å². The summed E-state index contributed by atoms with van der Waals surface area (Å²) in [5, 5.41) is 3.62. The second-order valence-corrected chi connectivity index (χ2v) is 11.1. The van der Waals surface area contributed by atoms with Crippen LogP contribution < -0.4 is 10.9 Å². The SMILES string of the molecule is Cc1sc(NC(=O)C(C)SCc2nc3sc(C)c(C)c3c(=O)[nH]2)nc1-c1ccc(F)cc1. The van der Waals surface area contributed by atoms with Crippen LogP contribution in [0.5, 0.6) is 0 Å². The zero-order valence-corrected chi connectivity index (χ0v) is 20.4. The molecule has 0 bridgehead atoms. The van der Waals surface area contributed by atoms with Crippen LogP contribution in [0.4, 0.5) is 9.52 Å². The highest BCUT2D eigenvalue weighted by atomic mass is 32.2. The maximum Gasteiger partial charge on any atom is 0.259 e. The molecule has 0 aliphatic rings. The topological polar surface area (TPSA) is 87.7 Å². The highest BCUT2D eigenvalue weighted by molar-refractivity contribution is 7.99. The Morgan fingerprint density at radius 3 is 2.59 bits per heavy atom. The van der Waals surface area contributed by atoms with E-state index in [0.29, 0.717) is 22.1 Å². The highest BCUT2D eigenvalue weighted by Gasteiger charge is 2.18. The minimum absolute atomic E-state index is 0.142. The molecule has 4 rings (SSSR count). The van der Waals surface area contributed by atoms with Crippen molar-refractivity contribution in [2.75, 3.05) is 5.32 Å². The van der Waals surface area contributed by atoms with Gasteiger partial charge in [0.2, 0.25) is 5.91 Å². The molecular formula is C22H21FN4O2S3. The third-order valence-corrected chi connectivity index (χ3v) is 8.21. The maximum absolute atomic E-state index is 13.2. The Labute approximate surface area is 196 Å². The second-order valence-electron chi connectivity index (χ2n) is 7.35. The summed E-state index contributed by atoms with van der Waals surface area (Å²) in [7, 11) is 0. The normalized spacial score (nSPS) is 12.3. The molecule has 0 radical (unpaired) electrons. The molecule has 166 valence electrons. The molecule has 1 aromatic carbocycles. The Bertz CT molecular complexity index is 1360. The van der Waals surface area contributed by atoms with E-state index in [0.717, 1.165) is 31.4 Å². The van der Waals surface area contributed by atoms with Crippen LogP contribution in [0.25, 0.3) is 21.5 Å². The highest BCUT2D eigenvalue weighted by Crippen LogP contribution is 2.31. The second kappa shape index (κ2) is 9.13. The number of aromatic amines is 1. The molecule has 1 amide bonds. The van der Waals surface area contributed by atoms with Gasteiger partial charge in [0.25, 0.3) is 5.56 Å². The van der Waals surface area contributed by atoms with Crippen LogP contribution in [0, 0.1) is 26.6 Å². The number of aromatic nitrogens is 3. The molecule has 0 saturated heterocycles. The lowest BCUT2D eigenvalue weighted by atomic mass is 10.1. The number of anilines is 1. The first-order chi connectivity index (χ1) is 15.2. The van der Waals surface area contributed by atoms with Crippen LogP contribution in [-0.2, 0) is 10.5 Å². The number of benzene rings is 1. The van der Waals surface area contributed by atoms with Gasteiger partial charge in [0.05, 0.1) is 22.1 Å². The maximum atomic E-state index is 13.2. The van der Waals surface area contributed by atoms with E-state index in [1.807, 2.05) is 20.8 Å². The van der Waals surface area contributed by atoms with Crippen molar-refractivity contribution < 1.29 is 9.18 Å². The van der Waals surface area contributed by atoms with E-state index < -0.39 is 0 Å². The fourth-order valence-corrected chi connectivity index (χ4v) is 5.82. The summed E-state index contributed by atoms with van der Waals surface area (Å²) in [4.78, 5) is 39.7. The van der Waals surface area contributed by atoms with E-state index >= 15 is 0 Å². The molecule has 6 nitrogen and oxygen atoms in total. The number of nitrogens with zero attached hydrogens (tertiary/aromatic N) is 2. The zero-order valence-electron chi connectivity index (χ0n) is 17.9. The van der Waals surface area contributed by atoms with Gasteiger partial charge in [-0.3, -0.25) is 9.59 Å². The smallest absolute Gasteiger partial charge is 0.259 e. The summed E-state index contributed by atoms with van der Waals surface area (Å²) in [5.41, 5.74) is 2.34. The number of thioether (sulfide) groups is 1. The number of rotatable bonds is 6. The summed E-state index contributed by atoms with van der Waals surface area (Å²) in [5.74, 6) is 0.478. The van der Waals surface area contributed by atoms with E-state index in [1.54, 1.807) is 19.1 Å². The van der Waals surface area contributed by atoms with Crippen molar-refractivity contribution in [1.82, 2.24) is 15.0 Å². The standard InChI is InChI=1S/C22H21FN4O2S3/c1-10-11(2)31-21-17(10)20(29)24-16(25-21)9-30-13(4)19(28)27-22-26-18(12(3)32-22)14-5-7-15(23)8-6-14/h5-8,13H,9H2,1-4H3,(H,24,25,29)(H,26,27,28). The number of nitrogens with one attached hydrogen (secondary N) is 2. The molecule has 0 spiro atoms. The number of fused-ring (bicyclic) bond motifs is 1. The Hall–Kier alpha value is -2.56. The van der Waals surface area contributed by atoms with Crippen molar-refractivity contribution in [1.29, 1.82) is 0 Å². The molecule has 0 aliphatic heterocycles. The van der Waals surface area contributed by atoms with Crippen LogP contribution in [0.3, 0.4) is 0 Å². The third kappa shape index (κ3) is 4.62. The molecule has 10 heteroatoms. The number of amides is 1. The summed E-state index contributed by atoms with van der Waals surface area (Å²) >= 11 is 4.27. The lowest BCUT2D eigenvalue weighted by molar-refractivity contribution is -0.115. The van der Waals surface area contributed by atoms with Crippen LogP contribution in [0.2, 0.25) is 0 Å². The van der Waals surface area contributed by atoms with Gasteiger partial charge in [0, 0.05) is 15.3 Å². The molecule has 4 aromatic rings. The Morgan fingerprint density at radius 2 is 1.88 bits per heavy atom. The van der Waals surface area contributed by atoms with Gasteiger partial charge in [-0.15, -0.1) is 34.4 Å². The third-order valence-electron chi connectivity index (χ3n) is 5.07. The van der Waals surface area contributed by atoms with Crippen LogP contribution >= 0.6 is 34.4 Å². The van der Waals surface area contributed by atoms with Crippen molar-refractivity contribution >= 4 is 55.7 Å². The molecule has 32 heavy (non-hydrogen) atoms. The van der Waals surface area contributed by atoms with Gasteiger partial charge < -0.3 is 10.3 Å². The van der Waals surface area contributed by atoms with Gasteiger partial charge in [-0.1, -0.05) is 0 Å². The molecule has 0 saturated carbocycles. The predicted molar refractivity (Wildman–Crippen MR) is 131 cm³/mol. The summed E-state index contributed by atoms with van der Waals surface area (Å²) < 4.78 is 13.2. The molecule has 2 N–H and O–H groups in total. The molecule has 1 atom stereocenters. The lowest BCUT2D eigenvalue weighted by Crippen LogP contribution is -2.23. The summed E-state index contributed by atoms with van der Waals surface area (Å²) in [6.45, 7) is 7.62. The number of halogens is 1. The van der Waals surface area contributed by atoms with Gasteiger partial charge in [0.1, 0.15) is 16.5 Å². The molecule has 3 heterocycles. The van der Waals surface area contributed by atoms with E-state index in [-0.39, 0.29) is 22.5 Å². The Kier molecular flexibility index (Phi) is 6.45. The van der Waals surface area contributed by atoms with E-state index in [1.165, 1.54) is 46.6 Å². The van der Waals surface area contributed by atoms with E-state index in [9.17, 15) is 14.0 Å². The van der Waals surface area contributed by atoms with Crippen molar-refractivity contribution in [3.63, 3.8) is 0 Å². The van der Waals surface area contributed by atoms with Crippen molar-refractivity contribution in [3.8, 4) is 11.3 Å². The van der Waals surface area contributed by atoms with Gasteiger partial charge in [-0.05, 0) is 57.5 Å². The molecule has 0 aliphatic carbocycles. The first-order valence-electron chi connectivity index (χ1n) is 9.87. The first-order valence-corrected chi connectivity index (χ1v) is 12.6. The van der Waals surface area contributed by atoms with Crippen molar-refractivity contribution in [3.05, 3.63) is 61.6 Å². The monoisotopic (exact) mass is 488 g/mol. The molecular weight excluding hydrogens is 467 g/mol. The number of thiophene rings is 1. The minimum atomic E-state index is -0.374.